The lowest BCUT2D eigenvalue weighted by Crippen LogP contribution is -2.45. The molecule has 2 aromatic heterocycles. The molecule has 0 spiro atoms. The number of aromatic nitrogens is 4. The lowest BCUT2D eigenvalue weighted by molar-refractivity contribution is -0.0504. The first-order valence-electron chi connectivity index (χ1n) is 8.37. The van der Waals surface area contributed by atoms with Crippen LogP contribution in [0.1, 0.15) is 6.23 Å². The van der Waals surface area contributed by atoms with Crippen LogP contribution >= 0.6 is 0 Å². The number of hydrogen-bond acceptors (Lipinski definition) is 10. The summed E-state index contributed by atoms with van der Waals surface area (Å²) in [5.74, 6) is 0.294. The number of nitrogens with two attached hydrogens (primary N) is 1. The average molecular weight is 367 g/mol. The molecule has 7 N–H and O–H groups in total. The van der Waals surface area contributed by atoms with Gasteiger partial charge in [-0.05, 0) is 0 Å². The summed E-state index contributed by atoms with van der Waals surface area (Å²) in [5, 5.41) is 33.1. The second-order valence-electron chi connectivity index (χ2n) is 6.37. The van der Waals surface area contributed by atoms with Gasteiger partial charge in [-0.3, -0.25) is 14.3 Å². The van der Waals surface area contributed by atoms with Crippen molar-refractivity contribution in [2.45, 2.75) is 24.5 Å². The average Bonchev–Trinajstić information content (AvgIpc) is 3.14. The van der Waals surface area contributed by atoms with E-state index in [0.717, 1.165) is 13.1 Å². The first-order valence-corrected chi connectivity index (χ1v) is 8.37. The van der Waals surface area contributed by atoms with E-state index < -0.39 is 36.7 Å². The number of rotatable bonds is 3. The lowest BCUT2D eigenvalue weighted by Gasteiger charge is -2.30. The van der Waals surface area contributed by atoms with E-state index in [1.54, 1.807) is 0 Å². The number of piperazine rings is 1. The molecule has 0 aliphatic carbocycles. The summed E-state index contributed by atoms with van der Waals surface area (Å²) in [6.07, 6.45) is -4.63. The number of H-pyrrole nitrogens is 1. The maximum absolute atomic E-state index is 12.3. The number of aliphatic hydroxyl groups is 3. The SMILES string of the molecule is Nc1nc2c(nc(N3CCNCC3)n2[C@@H]2O[C@H](CO)[C@H](O)[C@H]2O)c(=O)[nH]1. The fraction of sp³-hybridized carbons (Fsp3) is 0.643. The largest absolute Gasteiger partial charge is 0.394 e. The molecule has 4 rings (SSSR count). The van der Waals surface area contributed by atoms with Gasteiger partial charge in [0.1, 0.15) is 18.3 Å². The number of fused-ring (bicyclic) bond motifs is 1. The topological polar surface area (TPSA) is 175 Å². The molecule has 0 bridgehead atoms. The number of aromatic amines is 1. The summed E-state index contributed by atoms with van der Waals surface area (Å²) in [4.78, 5) is 25.1. The van der Waals surface area contributed by atoms with Crippen LogP contribution in [0.25, 0.3) is 11.2 Å². The minimum atomic E-state index is -1.33. The smallest absolute Gasteiger partial charge is 0.280 e. The van der Waals surface area contributed by atoms with E-state index in [1.165, 1.54) is 4.57 Å². The van der Waals surface area contributed by atoms with Gasteiger partial charge >= 0.3 is 0 Å². The highest BCUT2D eigenvalue weighted by atomic mass is 16.6. The van der Waals surface area contributed by atoms with Crippen LogP contribution in [0.4, 0.5) is 11.9 Å². The van der Waals surface area contributed by atoms with Crippen molar-refractivity contribution in [2.75, 3.05) is 43.4 Å². The maximum atomic E-state index is 12.3. The van der Waals surface area contributed by atoms with Crippen LogP contribution in [0.2, 0.25) is 0 Å². The number of nitrogens with one attached hydrogen (secondary N) is 2. The normalized spacial score (nSPS) is 29.6. The van der Waals surface area contributed by atoms with E-state index in [0.29, 0.717) is 19.0 Å². The van der Waals surface area contributed by atoms with Crippen LogP contribution < -0.4 is 21.5 Å². The van der Waals surface area contributed by atoms with Gasteiger partial charge in [0.15, 0.2) is 17.4 Å². The maximum Gasteiger partial charge on any atom is 0.280 e. The van der Waals surface area contributed by atoms with Gasteiger partial charge in [0.2, 0.25) is 11.9 Å². The van der Waals surface area contributed by atoms with E-state index in [-0.39, 0.29) is 17.1 Å². The zero-order chi connectivity index (χ0) is 18.4. The predicted octanol–water partition coefficient (Wildman–Crippen LogP) is -3.28. The second-order valence-corrected chi connectivity index (χ2v) is 6.37. The molecule has 142 valence electrons. The Hall–Kier alpha value is -2.25. The summed E-state index contributed by atoms with van der Waals surface area (Å²) in [5.41, 5.74) is 5.37. The molecule has 0 radical (unpaired) electrons. The van der Waals surface area contributed by atoms with E-state index in [9.17, 15) is 20.1 Å². The van der Waals surface area contributed by atoms with E-state index in [1.807, 2.05) is 4.90 Å². The van der Waals surface area contributed by atoms with Gasteiger partial charge in [-0.1, -0.05) is 0 Å². The van der Waals surface area contributed by atoms with Crippen molar-refractivity contribution < 1.29 is 20.1 Å². The summed E-state index contributed by atoms with van der Waals surface area (Å²) in [7, 11) is 0. The fourth-order valence-electron chi connectivity index (χ4n) is 3.40. The third-order valence-corrected chi connectivity index (χ3v) is 4.72. The third-order valence-electron chi connectivity index (χ3n) is 4.72. The molecule has 0 unspecified atom stereocenters. The third kappa shape index (κ3) is 2.62. The molecule has 4 atom stereocenters. The van der Waals surface area contributed by atoms with Crippen LogP contribution in [-0.4, -0.2) is 85.9 Å². The number of ether oxygens (including phenoxy) is 1. The van der Waals surface area contributed by atoms with Gasteiger partial charge in [-0.15, -0.1) is 0 Å². The summed E-state index contributed by atoms with van der Waals surface area (Å²) in [6, 6.07) is 0. The molecule has 0 aromatic carbocycles. The highest BCUT2D eigenvalue weighted by Gasteiger charge is 2.45. The molecule has 2 fully saturated rings. The molecule has 2 aromatic rings. The molecule has 0 saturated carbocycles. The fourth-order valence-corrected chi connectivity index (χ4v) is 3.40. The van der Waals surface area contributed by atoms with Crippen molar-refractivity contribution in [1.29, 1.82) is 0 Å². The summed E-state index contributed by atoms with van der Waals surface area (Å²) >= 11 is 0. The van der Waals surface area contributed by atoms with Gasteiger partial charge in [0.25, 0.3) is 5.56 Å². The Bertz CT molecular complexity index is 861. The Morgan fingerprint density at radius 3 is 2.62 bits per heavy atom. The van der Waals surface area contributed by atoms with E-state index in [4.69, 9.17) is 10.5 Å². The van der Waals surface area contributed by atoms with Crippen molar-refractivity contribution in [3.63, 3.8) is 0 Å². The second kappa shape index (κ2) is 6.48. The highest BCUT2D eigenvalue weighted by Crippen LogP contribution is 2.35. The Kier molecular flexibility index (Phi) is 4.28. The van der Waals surface area contributed by atoms with Gasteiger partial charge in [0, 0.05) is 26.2 Å². The zero-order valence-corrected chi connectivity index (χ0v) is 13.9. The first kappa shape index (κ1) is 17.2. The number of hydrogen-bond donors (Lipinski definition) is 6. The van der Waals surface area contributed by atoms with Crippen LogP contribution in [0, 0.1) is 0 Å². The molecule has 12 heteroatoms. The number of imidazole rings is 1. The lowest BCUT2D eigenvalue weighted by atomic mass is 10.1. The standard InChI is InChI=1S/C14H21N7O5/c15-13-18-10-7(11(25)19-13)17-14(20-3-1-16-2-4-20)21(10)12-9(24)8(23)6(5-22)26-12/h6,8-9,12,16,22-24H,1-5H2,(H3,15,18,19,25)/t6-,8+,9-,12-/m1/s1. The van der Waals surface area contributed by atoms with Crippen LogP contribution in [-0.2, 0) is 4.74 Å². The Morgan fingerprint density at radius 2 is 1.96 bits per heavy atom. The minimum Gasteiger partial charge on any atom is -0.394 e. The number of anilines is 2. The molecule has 12 nitrogen and oxygen atoms in total. The van der Waals surface area contributed by atoms with Crippen molar-refractivity contribution >= 4 is 23.1 Å². The van der Waals surface area contributed by atoms with Crippen LogP contribution in [0.15, 0.2) is 4.79 Å². The van der Waals surface area contributed by atoms with Crippen molar-refractivity contribution in [3.8, 4) is 0 Å². The molecule has 0 amide bonds. The van der Waals surface area contributed by atoms with Crippen molar-refractivity contribution in [1.82, 2.24) is 24.8 Å². The molecule has 2 saturated heterocycles. The molecular formula is C14H21N7O5. The molecule has 2 aliphatic rings. The van der Waals surface area contributed by atoms with Crippen molar-refractivity contribution in [3.05, 3.63) is 10.4 Å². The van der Waals surface area contributed by atoms with E-state index >= 15 is 0 Å². The van der Waals surface area contributed by atoms with Crippen molar-refractivity contribution in [2.24, 2.45) is 0 Å². The quantitative estimate of drug-likeness (QED) is 0.323. The minimum absolute atomic E-state index is 0.0606. The molecule has 2 aliphatic heterocycles. The molecular weight excluding hydrogens is 346 g/mol. The van der Waals surface area contributed by atoms with Gasteiger partial charge in [-0.2, -0.15) is 4.98 Å². The van der Waals surface area contributed by atoms with Gasteiger partial charge in [0.05, 0.1) is 6.61 Å². The highest BCUT2D eigenvalue weighted by molar-refractivity contribution is 5.75. The monoisotopic (exact) mass is 367 g/mol. The van der Waals surface area contributed by atoms with Gasteiger partial charge < -0.3 is 36.0 Å². The predicted molar refractivity (Wildman–Crippen MR) is 90.7 cm³/mol. The number of aliphatic hydroxyl groups excluding tert-OH is 3. The summed E-state index contributed by atoms with van der Waals surface area (Å²) in [6.45, 7) is 2.26. The summed E-state index contributed by atoms with van der Waals surface area (Å²) < 4.78 is 7.10. The Morgan fingerprint density at radius 1 is 1.23 bits per heavy atom. The molecule has 26 heavy (non-hydrogen) atoms. The van der Waals surface area contributed by atoms with E-state index in [2.05, 4.69) is 20.3 Å². The van der Waals surface area contributed by atoms with Gasteiger partial charge in [-0.25, -0.2) is 4.98 Å². The Balaban J connectivity index is 1.89. The number of nitrogen functional groups attached to an aromatic ring is 1. The van der Waals surface area contributed by atoms with Crippen LogP contribution in [0.3, 0.4) is 0 Å². The number of nitrogens with zero attached hydrogens (tertiary/aromatic N) is 4. The zero-order valence-electron chi connectivity index (χ0n) is 13.9. The Labute approximate surface area is 147 Å². The first-order chi connectivity index (χ1) is 12.5. The molecule has 4 heterocycles. The van der Waals surface area contributed by atoms with Crippen LogP contribution in [0.5, 0.6) is 0 Å².